The van der Waals surface area contributed by atoms with Crippen molar-refractivity contribution < 1.29 is 0 Å². The minimum absolute atomic E-state index is 0.224. The van der Waals surface area contributed by atoms with Gasteiger partial charge in [-0.3, -0.25) is 4.98 Å². The lowest BCUT2D eigenvalue weighted by molar-refractivity contribution is 0.736. The standard InChI is InChI=1S/C10H12N4S/c1-2-8(10-13-5-6-15-10)14-9-7-11-3-4-12-9/h3-8H,2H2,1H3,(H,12,14). The van der Waals surface area contributed by atoms with Gasteiger partial charge in [-0.15, -0.1) is 11.3 Å². The van der Waals surface area contributed by atoms with Crippen molar-refractivity contribution in [1.82, 2.24) is 15.0 Å². The number of anilines is 1. The van der Waals surface area contributed by atoms with Gasteiger partial charge in [-0.05, 0) is 6.42 Å². The second kappa shape index (κ2) is 4.84. The van der Waals surface area contributed by atoms with Crippen molar-refractivity contribution in [3.63, 3.8) is 0 Å². The minimum atomic E-state index is 0.224. The van der Waals surface area contributed by atoms with Crippen LogP contribution < -0.4 is 5.32 Å². The summed E-state index contributed by atoms with van der Waals surface area (Å²) in [6, 6.07) is 0.224. The van der Waals surface area contributed by atoms with E-state index >= 15 is 0 Å². The third-order valence-electron chi connectivity index (χ3n) is 2.04. The molecule has 0 aliphatic rings. The van der Waals surface area contributed by atoms with Crippen molar-refractivity contribution in [3.05, 3.63) is 35.2 Å². The van der Waals surface area contributed by atoms with Gasteiger partial charge in [0, 0.05) is 24.0 Å². The van der Waals surface area contributed by atoms with Crippen LogP contribution in [-0.4, -0.2) is 15.0 Å². The summed E-state index contributed by atoms with van der Waals surface area (Å²) < 4.78 is 0. The lowest BCUT2D eigenvalue weighted by atomic mass is 10.2. The van der Waals surface area contributed by atoms with Crippen LogP contribution in [-0.2, 0) is 0 Å². The Hall–Kier alpha value is -1.49. The molecule has 2 rings (SSSR count). The Kier molecular flexibility index (Phi) is 3.24. The molecule has 1 N–H and O–H groups in total. The number of hydrogen-bond donors (Lipinski definition) is 1. The molecule has 0 amide bonds. The Morgan fingerprint density at radius 3 is 2.87 bits per heavy atom. The second-order valence-electron chi connectivity index (χ2n) is 3.07. The van der Waals surface area contributed by atoms with Crippen LogP contribution in [0.4, 0.5) is 5.82 Å². The molecule has 15 heavy (non-hydrogen) atoms. The number of aromatic nitrogens is 3. The fraction of sp³-hybridized carbons (Fsp3) is 0.300. The molecule has 0 aliphatic carbocycles. The molecular formula is C10H12N4S. The zero-order valence-corrected chi connectivity index (χ0v) is 9.24. The quantitative estimate of drug-likeness (QED) is 0.860. The molecule has 1 unspecified atom stereocenters. The van der Waals surface area contributed by atoms with Crippen molar-refractivity contribution in [2.24, 2.45) is 0 Å². The van der Waals surface area contributed by atoms with Gasteiger partial charge in [0.15, 0.2) is 0 Å². The number of thiazole rings is 1. The predicted molar refractivity (Wildman–Crippen MR) is 60.8 cm³/mol. The summed E-state index contributed by atoms with van der Waals surface area (Å²) in [5.74, 6) is 0.791. The zero-order chi connectivity index (χ0) is 10.5. The molecule has 2 heterocycles. The molecule has 78 valence electrons. The summed E-state index contributed by atoms with van der Waals surface area (Å²) in [4.78, 5) is 12.5. The average Bonchev–Trinajstić information content (AvgIpc) is 2.81. The number of rotatable bonds is 4. The number of nitrogens with zero attached hydrogens (tertiary/aromatic N) is 3. The summed E-state index contributed by atoms with van der Waals surface area (Å²) in [7, 11) is 0. The average molecular weight is 220 g/mol. The van der Waals surface area contributed by atoms with Gasteiger partial charge in [0.2, 0.25) is 0 Å². The first-order valence-electron chi connectivity index (χ1n) is 4.82. The summed E-state index contributed by atoms with van der Waals surface area (Å²) in [5.41, 5.74) is 0. The zero-order valence-electron chi connectivity index (χ0n) is 8.42. The van der Waals surface area contributed by atoms with Crippen molar-refractivity contribution in [2.45, 2.75) is 19.4 Å². The van der Waals surface area contributed by atoms with Crippen LogP contribution in [0.5, 0.6) is 0 Å². The van der Waals surface area contributed by atoms with Gasteiger partial charge in [-0.1, -0.05) is 6.92 Å². The van der Waals surface area contributed by atoms with Crippen molar-refractivity contribution in [2.75, 3.05) is 5.32 Å². The summed E-state index contributed by atoms with van der Waals surface area (Å²) in [5, 5.41) is 6.37. The van der Waals surface area contributed by atoms with E-state index in [0.29, 0.717) is 0 Å². The Labute approximate surface area is 92.4 Å². The summed E-state index contributed by atoms with van der Waals surface area (Å²) >= 11 is 1.65. The maximum Gasteiger partial charge on any atom is 0.145 e. The van der Waals surface area contributed by atoms with E-state index in [1.54, 1.807) is 29.9 Å². The lowest BCUT2D eigenvalue weighted by Crippen LogP contribution is -2.10. The normalized spacial score (nSPS) is 12.3. The van der Waals surface area contributed by atoms with Crippen LogP contribution in [0.25, 0.3) is 0 Å². The van der Waals surface area contributed by atoms with E-state index in [9.17, 15) is 0 Å². The van der Waals surface area contributed by atoms with Crippen LogP contribution in [0.1, 0.15) is 24.4 Å². The Morgan fingerprint density at radius 1 is 1.33 bits per heavy atom. The fourth-order valence-electron chi connectivity index (χ4n) is 1.30. The van der Waals surface area contributed by atoms with Crippen LogP contribution in [0.3, 0.4) is 0 Å². The SMILES string of the molecule is CCC(Nc1cnccn1)c1nccs1. The highest BCUT2D eigenvalue weighted by molar-refractivity contribution is 7.09. The molecule has 4 nitrogen and oxygen atoms in total. The molecule has 5 heteroatoms. The van der Waals surface area contributed by atoms with E-state index in [1.807, 2.05) is 11.6 Å². The molecule has 0 aromatic carbocycles. The molecule has 2 aromatic heterocycles. The summed E-state index contributed by atoms with van der Waals surface area (Å²) in [6.45, 7) is 2.12. The van der Waals surface area contributed by atoms with Crippen LogP contribution >= 0.6 is 11.3 Å². The molecule has 0 spiro atoms. The van der Waals surface area contributed by atoms with Gasteiger partial charge in [0.1, 0.15) is 10.8 Å². The van der Waals surface area contributed by atoms with Crippen LogP contribution in [0.15, 0.2) is 30.2 Å². The first-order chi connectivity index (χ1) is 7.40. The lowest BCUT2D eigenvalue weighted by Gasteiger charge is -2.14. The van der Waals surface area contributed by atoms with Gasteiger partial charge >= 0.3 is 0 Å². The first kappa shape index (κ1) is 10.0. The van der Waals surface area contributed by atoms with E-state index in [-0.39, 0.29) is 6.04 Å². The molecule has 0 radical (unpaired) electrons. The van der Waals surface area contributed by atoms with Crippen molar-refractivity contribution in [3.8, 4) is 0 Å². The van der Waals surface area contributed by atoms with E-state index in [2.05, 4.69) is 27.2 Å². The third-order valence-corrected chi connectivity index (χ3v) is 2.93. The highest BCUT2D eigenvalue weighted by atomic mass is 32.1. The maximum atomic E-state index is 4.29. The summed E-state index contributed by atoms with van der Waals surface area (Å²) in [6.07, 6.45) is 7.85. The monoisotopic (exact) mass is 220 g/mol. The fourth-order valence-corrected chi connectivity index (χ4v) is 2.07. The molecule has 1 atom stereocenters. The van der Waals surface area contributed by atoms with E-state index < -0.39 is 0 Å². The topological polar surface area (TPSA) is 50.7 Å². The Balaban J connectivity index is 2.10. The van der Waals surface area contributed by atoms with Gasteiger partial charge in [-0.25, -0.2) is 9.97 Å². The van der Waals surface area contributed by atoms with E-state index in [4.69, 9.17) is 0 Å². The van der Waals surface area contributed by atoms with Crippen LogP contribution in [0.2, 0.25) is 0 Å². The second-order valence-corrected chi connectivity index (χ2v) is 3.99. The largest absolute Gasteiger partial charge is 0.360 e. The van der Waals surface area contributed by atoms with E-state index in [1.165, 1.54) is 0 Å². The van der Waals surface area contributed by atoms with Crippen LogP contribution in [0, 0.1) is 0 Å². The molecule has 0 bridgehead atoms. The molecule has 0 saturated heterocycles. The third kappa shape index (κ3) is 2.50. The van der Waals surface area contributed by atoms with Gasteiger partial charge < -0.3 is 5.32 Å². The minimum Gasteiger partial charge on any atom is -0.360 e. The van der Waals surface area contributed by atoms with Crippen molar-refractivity contribution >= 4 is 17.2 Å². The Bertz CT molecular complexity index is 387. The highest BCUT2D eigenvalue weighted by Crippen LogP contribution is 2.22. The molecule has 0 fully saturated rings. The maximum absolute atomic E-state index is 4.29. The van der Waals surface area contributed by atoms with Gasteiger partial charge in [0.05, 0.1) is 12.2 Å². The number of hydrogen-bond acceptors (Lipinski definition) is 5. The van der Waals surface area contributed by atoms with Gasteiger partial charge in [-0.2, -0.15) is 0 Å². The molecule has 2 aromatic rings. The first-order valence-corrected chi connectivity index (χ1v) is 5.70. The van der Waals surface area contributed by atoms with Crippen molar-refractivity contribution in [1.29, 1.82) is 0 Å². The predicted octanol–water partition coefficient (Wildman–Crippen LogP) is 2.50. The molecular weight excluding hydrogens is 208 g/mol. The number of nitrogens with one attached hydrogen (secondary N) is 1. The Morgan fingerprint density at radius 2 is 2.27 bits per heavy atom. The smallest absolute Gasteiger partial charge is 0.145 e. The van der Waals surface area contributed by atoms with E-state index in [0.717, 1.165) is 17.2 Å². The molecule has 0 saturated carbocycles. The molecule has 0 aliphatic heterocycles. The highest BCUT2D eigenvalue weighted by Gasteiger charge is 2.11. The van der Waals surface area contributed by atoms with Gasteiger partial charge in [0.25, 0.3) is 0 Å².